The molecule has 0 bridgehead atoms. The number of hydrogen-bond acceptors (Lipinski definition) is 3. The van der Waals surface area contributed by atoms with Crippen LogP contribution in [0.25, 0.3) is 0 Å². The second kappa shape index (κ2) is 7.65. The second-order valence-corrected chi connectivity index (χ2v) is 5.81. The van der Waals surface area contributed by atoms with E-state index in [9.17, 15) is 15.3 Å². The van der Waals surface area contributed by atoms with Crippen LogP contribution in [0.2, 0.25) is 0 Å². The van der Waals surface area contributed by atoms with Crippen molar-refractivity contribution >= 4 is 0 Å². The molecule has 0 saturated carbocycles. The zero-order valence-corrected chi connectivity index (χ0v) is 13.1. The van der Waals surface area contributed by atoms with Crippen LogP contribution in [0, 0.1) is 0 Å². The molecule has 0 amide bonds. The quantitative estimate of drug-likeness (QED) is 0.702. The van der Waals surface area contributed by atoms with Crippen molar-refractivity contribution in [3.63, 3.8) is 0 Å². The van der Waals surface area contributed by atoms with Crippen molar-refractivity contribution in [2.75, 3.05) is 0 Å². The van der Waals surface area contributed by atoms with Crippen LogP contribution in [0.4, 0.5) is 0 Å². The summed E-state index contributed by atoms with van der Waals surface area (Å²) in [5.74, 6) is 0.340. The Morgan fingerprint density at radius 2 is 1.30 bits per heavy atom. The van der Waals surface area contributed by atoms with Gasteiger partial charge in [-0.1, -0.05) is 40.5 Å². The first-order valence-electron chi connectivity index (χ1n) is 7.65. The van der Waals surface area contributed by atoms with Crippen LogP contribution in [-0.4, -0.2) is 15.3 Å². The zero-order valence-electron chi connectivity index (χ0n) is 13.1. The average Bonchev–Trinajstić information content (AvgIpc) is 2.39. The van der Waals surface area contributed by atoms with Crippen LogP contribution < -0.4 is 0 Å². The van der Waals surface area contributed by atoms with Crippen LogP contribution in [0.1, 0.15) is 88.2 Å². The minimum atomic E-state index is -0.675. The summed E-state index contributed by atoms with van der Waals surface area (Å²) in [6, 6.07) is 3.73. The summed E-state index contributed by atoms with van der Waals surface area (Å²) in [5, 5.41) is 30.8. The lowest BCUT2D eigenvalue weighted by Gasteiger charge is -2.21. The summed E-state index contributed by atoms with van der Waals surface area (Å²) in [5.41, 5.74) is 2.13. The van der Waals surface area contributed by atoms with Gasteiger partial charge in [-0.05, 0) is 36.5 Å². The lowest BCUT2D eigenvalue weighted by molar-refractivity contribution is 0.152. The molecule has 1 aromatic rings. The number of phenolic OH excluding ortho intramolecular Hbond substituents is 1. The van der Waals surface area contributed by atoms with E-state index in [4.69, 9.17) is 0 Å². The summed E-state index contributed by atoms with van der Waals surface area (Å²) >= 11 is 0. The highest BCUT2D eigenvalue weighted by molar-refractivity contribution is 5.47. The fourth-order valence-electron chi connectivity index (χ4n) is 2.40. The second-order valence-electron chi connectivity index (χ2n) is 5.81. The largest absolute Gasteiger partial charge is 0.507 e. The van der Waals surface area contributed by atoms with Crippen LogP contribution >= 0.6 is 0 Å². The van der Waals surface area contributed by atoms with Gasteiger partial charge in [-0.3, -0.25) is 0 Å². The summed E-state index contributed by atoms with van der Waals surface area (Å²) < 4.78 is 0. The van der Waals surface area contributed by atoms with E-state index in [1.54, 1.807) is 0 Å². The Hall–Kier alpha value is -1.06. The van der Waals surface area contributed by atoms with E-state index in [-0.39, 0.29) is 11.7 Å². The molecule has 3 nitrogen and oxygen atoms in total. The number of aromatic hydroxyl groups is 1. The van der Waals surface area contributed by atoms with Gasteiger partial charge < -0.3 is 15.3 Å². The molecule has 0 radical (unpaired) electrons. The highest BCUT2D eigenvalue weighted by Crippen LogP contribution is 2.37. The van der Waals surface area contributed by atoms with Crippen molar-refractivity contribution < 1.29 is 15.3 Å². The number of rotatable bonds is 7. The molecule has 0 aliphatic rings. The van der Waals surface area contributed by atoms with Gasteiger partial charge >= 0.3 is 0 Å². The van der Waals surface area contributed by atoms with Crippen molar-refractivity contribution in [3.8, 4) is 5.75 Å². The predicted octanol–water partition coefficient (Wildman–Crippen LogP) is 4.18. The van der Waals surface area contributed by atoms with Crippen LogP contribution in [0.5, 0.6) is 5.75 Å². The third-order valence-electron chi connectivity index (χ3n) is 3.70. The highest BCUT2D eigenvalue weighted by atomic mass is 16.3. The maximum absolute atomic E-state index is 10.4. The number of hydrogen-bond donors (Lipinski definition) is 3. The van der Waals surface area contributed by atoms with Gasteiger partial charge in [-0.25, -0.2) is 0 Å². The first-order valence-corrected chi connectivity index (χ1v) is 7.65. The maximum atomic E-state index is 10.4. The highest BCUT2D eigenvalue weighted by Gasteiger charge is 2.21. The Morgan fingerprint density at radius 3 is 1.60 bits per heavy atom. The van der Waals surface area contributed by atoms with Gasteiger partial charge in [-0.2, -0.15) is 0 Å². The van der Waals surface area contributed by atoms with E-state index >= 15 is 0 Å². The lowest BCUT2D eigenvalue weighted by atomic mass is 9.90. The molecule has 3 heteroatoms. The summed E-state index contributed by atoms with van der Waals surface area (Å²) in [7, 11) is 0. The molecule has 114 valence electrons. The standard InChI is InChI=1S/C17H28O3/c1-5-7-15(18)13-9-12(11(3)4)10-14(17(13)20)16(19)8-6-2/h9-11,15-16,18-20H,5-8H2,1-4H3. The molecule has 0 fully saturated rings. The monoisotopic (exact) mass is 280 g/mol. The van der Waals surface area contributed by atoms with Gasteiger partial charge in [0.25, 0.3) is 0 Å². The van der Waals surface area contributed by atoms with Crippen LogP contribution in [0.3, 0.4) is 0 Å². The minimum absolute atomic E-state index is 0.0521. The van der Waals surface area contributed by atoms with E-state index in [1.807, 2.05) is 26.0 Å². The smallest absolute Gasteiger partial charge is 0.127 e. The molecule has 20 heavy (non-hydrogen) atoms. The molecular weight excluding hydrogens is 252 g/mol. The Balaban J connectivity index is 3.28. The molecule has 0 saturated heterocycles. The minimum Gasteiger partial charge on any atom is -0.507 e. The number of benzene rings is 1. The molecule has 3 N–H and O–H groups in total. The van der Waals surface area contributed by atoms with Crippen LogP contribution in [0.15, 0.2) is 12.1 Å². The Labute approximate surface area is 122 Å². The number of aliphatic hydroxyl groups excluding tert-OH is 2. The zero-order chi connectivity index (χ0) is 15.3. The third kappa shape index (κ3) is 3.97. The van der Waals surface area contributed by atoms with Crippen molar-refractivity contribution in [1.82, 2.24) is 0 Å². The molecule has 0 aromatic heterocycles. The van der Waals surface area contributed by atoms with Gasteiger partial charge in [0.15, 0.2) is 0 Å². The number of aliphatic hydroxyl groups is 2. The summed E-state index contributed by atoms with van der Waals surface area (Å²) in [6.07, 6.45) is 1.56. The van der Waals surface area contributed by atoms with Crippen molar-refractivity contribution in [2.45, 2.75) is 71.5 Å². The lowest BCUT2D eigenvalue weighted by Crippen LogP contribution is -2.05. The van der Waals surface area contributed by atoms with Gasteiger partial charge in [0.05, 0.1) is 12.2 Å². The molecular formula is C17H28O3. The Morgan fingerprint density at radius 1 is 0.900 bits per heavy atom. The molecule has 0 aliphatic carbocycles. The topological polar surface area (TPSA) is 60.7 Å². The van der Waals surface area contributed by atoms with E-state index in [0.29, 0.717) is 24.0 Å². The maximum Gasteiger partial charge on any atom is 0.127 e. The van der Waals surface area contributed by atoms with E-state index < -0.39 is 12.2 Å². The molecule has 1 rings (SSSR count). The van der Waals surface area contributed by atoms with Gasteiger partial charge in [0.1, 0.15) is 5.75 Å². The van der Waals surface area contributed by atoms with Gasteiger partial charge in [0.2, 0.25) is 0 Å². The first-order chi connectivity index (χ1) is 9.42. The average molecular weight is 280 g/mol. The van der Waals surface area contributed by atoms with E-state index in [0.717, 1.165) is 18.4 Å². The summed E-state index contributed by atoms with van der Waals surface area (Å²) in [6.45, 7) is 8.13. The Bertz CT molecular complexity index is 393. The molecule has 2 unspecified atom stereocenters. The van der Waals surface area contributed by atoms with Crippen molar-refractivity contribution in [2.24, 2.45) is 0 Å². The predicted molar refractivity (Wildman–Crippen MR) is 81.9 cm³/mol. The molecule has 0 heterocycles. The normalized spacial score (nSPS) is 14.6. The summed E-state index contributed by atoms with van der Waals surface area (Å²) in [4.78, 5) is 0. The fourth-order valence-corrected chi connectivity index (χ4v) is 2.40. The molecule has 0 aliphatic heterocycles. The molecule has 2 atom stereocenters. The van der Waals surface area contributed by atoms with E-state index in [1.165, 1.54) is 0 Å². The van der Waals surface area contributed by atoms with Crippen LogP contribution in [-0.2, 0) is 0 Å². The van der Waals surface area contributed by atoms with Crippen molar-refractivity contribution in [3.05, 3.63) is 28.8 Å². The van der Waals surface area contributed by atoms with E-state index in [2.05, 4.69) is 13.8 Å². The molecule has 1 aromatic carbocycles. The Kier molecular flexibility index (Phi) is 6.50. The first kappa shape index (κ1) is 17.0. The SMILES string of the molecule is CCCC(O)c1cc(C(C)C)cc(C(O)CCC)c1O. The van der Waals surface area contributed by atoms with Gasteiger partial charge in [0, 0.05) is 11.1 Å². The van der Waals surface area contributed by atoms with Gasteiger partial charge in [-0.15, -0.1) is 0 Å². The third-order valence-corrected chi connectivity index (χ3v) is 3.70. The number of phenols is 1. The molecule has 0 spiro atoms. The van der Waals surface area contributed by atoms with Crippen molar-refractivity contribution in [1.29, 1.82) is 0 Å². The fraction of sp³-hybridized carbons (Fsp3) is 0.647.